The molecule has 3 aromatic rings. The standard InChI is InChI=1S/C30H19I9O11S/c31-11-3-15(24(37)18(34)6-11)27(40)48-14-9-21(49-28(41)16-4-12(32)7-19(35)25(16)38)23(30(43)47-1-2-51(44,45)46)22(10-14)50-29(42)17-5-13(33)8-20(36)26(17)39/h3-8,14,21-23H,1-2,9-10H2,(H,44,45,46). The lowest BCUT2D eigenvalue weighted by atomic mass is 9.81. The van der Waals surface area contributed by atoms with E-state index in [1.165, 1.54) is 0 Å². The number of carbonyl (C=O) groups is 4. The highest BCUT2D eigenvalue weighted by Gasteiger charge is 2.49. The molecule has 1 aliphatic carbocycles. The van der Waals surface area contributed by atoms with Crippen LogP contribution in [0.5, 0.6) is 0 Å². The van der Waals surface area contributed by atoms with Crippen LogP contribution < -0.4 is 0 Å². The van der Waals surface area contributed by atoms with Crippen LogP contribution in [0.2, 0.25) is 0 Å². The van der Waals surface area contributed by atoms with E-state index < -0.39 is 70.6 Å². The summed E-state index contributed by atoms with van der Waals surface area (Å²) in [5.41, 5.74) is 0.764. The summed E-state index contributed by atoms with van der Waals surface area (Å²) < 4.78 is 61.9. The Morgan fingerprint density at radius 1 is 0.608 bits per heavy atom. The number of esters is 4. The molecule has 0 spiro atoms. The molecule has 1 fully saturated rings. The zero-order valence-electron chi connectivity index (χ0n) is 24.9. The maximum absolute atomic E-state index is 13.8. The largest absolute Gasteiger partial charge is 0.464 e. The van der Waals surface area contributed by atoms with Crippen molar-refractivity contribution >= 4 is 237 Å². The van der Waals surface area contributed by atoms with E-state index in [1.54, 1.807) is 18.2 Å². The Balaban J connectivity index is 1.77. The number of benzene rings is 3. The van der Waals surface area contributed by atoms with Crippen LogP contribution in [-0.4, -0.2) is 67.5 Å². The van der Waals surface area contributed by atoms with Gasteiger partial charge in [-0.2, -0.15) is 8.42 Å². The minimum Gasteiger partial charge on any atom is -0.464 e. The van der Waals surface area contributed by atoms with Gasteiger partial charge in [-0.05, 0) is 240 Å². The van der Waals surface area contributed by atoms with Crippen LogP contribution in [0.25, 0.3) is 0 Å². The van der Waals surface area contributed by atoms with Crippen molar-refractivity contribution in [1.82, 2.24) is 0 Å². The van der Waals surface area contributed by atoms with E-state index in [1.807, 2.05) is 63.4 Å². The average Bonchev–Trinajstić information content (AvgIpc) is 3.01. The minimum absolute atomic E-state index is 0.169. The molecule has 11 nitrogen and oxygen atoms in total. The van der Waals surface area contributed by atoms with Crippen molar-refractivity contribution in [1.29, 1.82) is 0 Å². The molecule has 21 heteroatoms. The van der Waals surface area contributed by atoms with Crippen molar-refractivity contribution in [3.63, 3.8) is 0 Å². The van der Waals surface area contributed by atoms with Crippen LogP contribution in [0.3, 0.4) is 0 Å². The third-order valence-electron chi connectivity index (χ3n) is 7.08. The van der Waals surface area contributed by atoms with Gasteiger partial charge in [0.2, 0.25) is 0 Å². The van der Waals surface area contributed by atoms with E-state index in [0.717, 1.165) is 21.4 Å². The number of hydrogen-bond acceptors (Lipinski definition) is 10. The first kappa shape index (κ1) is 45.7. The summed E-state index contributed by atoms with van der Waals surface area (Å²) in [6.07, 6.45) is -4.03. The Hall–Kier alpha value is 2.02. The maximum Gasteiger partial charge on any atom is 0.339 e. The summed E-state index contributed by atoms with van der Waals surface area (Å²) in [5, 5.41) is 0. The smallest absolute Gasteiger partial charge is 0.339 e. The van der Waals surface area contributed by atoms with Crippen LogP contribution in [0.4, 0.5) is 0 Å². The molecule has 2 atom stereocenters. The first-order chi connectivity index (χ1) is 23.7. The molecule has 1 saturated carbocycles. The van der Waals surface area contributed by atoms with Gasteiger partial charge in [-0.25, -0.2) is 14.4 Å². The van der Waals surface area contributed by atoms with Gasteiger partial charge in [0.1, 0.15) is 36.6 Å². The summed E-state index contributed by atoms with van der Waals surface area (Å²) in [6.45, 7) is -0.711. The van der Waals surface area contributed by atoms with Gasteiger partial charge in [0, 0.05) is 45.0 Å². The van der Waals surface area contributed by atoms with Crippen LogP contribution in [0.15, 0.2) is 36.4 Å². The van der Waals surface area contributed by atoms with Gasteiger partial charge in [-0.1, -0.05) is 0 Å². The van der Waals surface area contributed by atoms with E-state index in [4.69, 9.17) is 18.9 Å². The zero-order chi connectivity index (χ0) is 37.9. The number of halogens is 9. The Kier molecular flexibility index (Phi) is 18.0. The van der Waals surface area contributed by atoms with Gasteiger partial charge in [-0.15, -0.1) is 0 Å². The molecule has 0 aliphatic heterocycles. The molecule has 274 valence electrons. The van der Waals surface area contributed by atoms with Gasteiger partial charge in [0.05, 0.1) is 16.7 Å². The highest BCUT2D eigenvalue weighted by Crippen LogP contribution is 2.36. The predicted octanol–water partition coefficient (Wildman–Crippen LogP) is 8.95. The second-order valence-electron chi connectivity index (χ2n) is 10.6. The van der Waals surface area contributed by atoms with Gasteiger partial charge in [-0.3, -0.25) is 9.35 Å². The van der Waals surface area contributed by atoms with Crippen LogP contribution >= 0.6 is 203 Å². The van der Waals surface area contributed by atoms with Gasteiger partial charge < -0.3 is 18.9 Å². The van der Waals surface area contributed by atoms with Crippen LogP contribution in [0.1, 0.15) is 43.9 Å². The quantitative estimate of drug-likeness (QED) is 0.0679. The monoisotopic (exact) mass is 1730 g/mol. The van der Waals surface area contributed by atoms with Crippen LogP contribution in [-0.2, 0) is 33.9 Å². The lowest BCUT2D eigenvalue weighted by Gasteiger charge is -2.39. The van der Waals surface area contributed by atoms with E-state index in [2.05, 4.69) is 158 Å². The molecule has 51 heavy (non-hydrogen) atoms. The molecule has 0 bridgehead atoms. The first-order valence-corrected chi connectivity index (χ1v) is 25.3. The van der Waals surface area contributed by atoms with Crippen molar-refractivity contribution in [3.8, 4) is 0 Å². The van der Waals surface area contributed by atoms with Crippen molar-refractivity contribution in [2.45, 2.75) is 31.2 Å². The molecule has 0 amide bonds. The van der Waals surface area contributed by atoms with E-state index in [-0.39, 0.29) is 24.0 Å². The average molecular weight is 1730 g/mol. The molecule has 0 radical (unpaired) electrons. The zero-order valence-corrected chi connectivity index (χ0v) is 45.2. The Labute approximate surface area is 415 Å². The molecule has 3 aromatic carbocycles. The number of hydrogen-bond donors (Lipinski definition) is 1. The number of rotatable bonds is 10. The SMILES string of the molecule is O=C(OC1CC(OC(=O)c2cc(I)cc(I)c2I)C(C(=O)OCCS(=O)(=O)O)C(OC(=O)c2cc(I)cc(I)c2I)C1)c1cc(I)cc(I)c1I. The van der Waals surface area contributed by atoms with E-state index in [9.17, 15) is 32.1 Å². The predicted molar refractivity (Wildman–Crippen MR) is 261 cm³/mol. The summed E-state index contributed by atoms with van der Waals surface area (Å²) in [5.74, 6) is -5.58. The Bertz CT molecular complexity index is 1930. The van der Waals surface area contributed by atoms with E-state index in [0.29, 0.717) is 16.3 Å². The fraction of sp³-hybridized carbons (Fsp3) is 0.267. The summed E-state index contributed by atoms with van der Waals surface area (Å²) >= 11 is 18.6. The number of ether oxygens (including phenoxy) is 4. The van der Waals surface area contributed by atoms with Crippen molar-refractivity contribution in [3.05, 3.63) is 85.2 Å². The van der Waals surface area contributed by atoms with Gasteiger partial charge >= 0.3 is 23.9 Å². The lowest BCUT2D eigenvalue weighted by Crippen LogP contribution is -2.51. The van der Waals surface area contributed by atoms with Gasteiger partial charge in [0.15, 0.2) is 0 Å². The first-order valence-electron chi connectivity index (χ1n) is 13.9. The fourth-order valence-electron chi connectivity index (χ4n) is 4.86. The molecular weight excluding hydrogens is 1710 g/mol. The molecule has 0 heterocycles. The second kappa shape index (κ2) is 20.1. The number of carbonyl (C=O) groups excluding carboxylic acids is 4. The van der Waals surface area contributed by atoms with Crippen molar-refractivity contribution in [2.75, 3.05) is 12.4 Å². The third kappa shape index (κ3) is 12.8. The molecule has 1 aliphatic rings. The molecule has 0 saturated heterocycles. The Morgan fingerprint density at radius 3 is 1.31 bits per heavy atom. The highest BCUT2D eigenvalue weighted by molar-refractivity contribution is 14.1. The van der Waals surface area contributed by atoms with Crippen LogP contribution in [0, 0.1) is 38.0 Å². The highest BCUT2D eigenvalue weighted by atomic mass is 127. The normalized spacial score (nSPS) is 18.9. The molecule has 2 unspecified atom stereocenters. The maximum atomic E-state index is 13.8. The molecule has 4 rings (SSSR count). The summed E-state index contributed by atoms with van der Waals surface area (Å²) in [6, 6.07) is 10.6. The minimum atomic E-state index is -4.48. The molecule has 0 aromatic heterocycles. The van der Waals surface area contributed by atoms with E-state index >= 15 is 0 Å². The summed E-state index contributed by atoms with van der Waals surface area (Å²) in [4.78, 5) is 54.9. The summed E-state index contributed by atoms with van der Waals surface area (Å²) in [7, 11) is -4.48. The van der Waals surface area contributed by atoms with Crippen molar-refractivity contribution < 1.29 is 51.1 Å². The van der Waals surface area contributed by atoms with Crippen molar-refractivity contribution in [2.24, 2.45) is 5.92 Å². The topological polar surface area (TPSA) is 160 Å². The molecular formula is C30H19I9O11S. The molecule has 1 N–H and O–H groups in total. The fourth-order valence-corrected chi connectivity index (χ4v) is 12.3. The third-order valence-corrected chi connectivity index (χ3v) is 18.8. The lowest BCUT2D eigenvalue weighted by molar-refractivity contribution is -0.165. The second-order valence-corrected chi connectivity index (χ2v) is 22.6. The Morgan fingerprint density at radius 2 is 0.961 bits per heavy atom. The van der Waals surface area contributed by atoms with Gasteiger partial charge in [0.25, 0.3) is 10.1 Å².